The van der Waals surface area contributed by atoms with Gasteiger partial charge in [0.15, 0.2) is 0 Å². The monoisotopic (exact) mass is 389 g/mol. The molecule has 0 atom stereocenters. The summed E-state index contributed by atoms with van der Waals surface area (Å²) in [5.74, 6) is -0.299. The second kappa shape index (κ2) is 7.67. The lowest BCUT2D eigenvalue weighted by molar-refractivity contribution is -0.274. The highest BCUT2D eigenvalue weighted by Crippen LogP contribution is 2.25. The largest absolute Gasteiger partial charge is 0.573 e. The van der Waals surface area contributed by atoms with E-state index in [-0.39, 0.29) is 17.3 Å². The number of amidine groups is 1. The Hall–Kier alpha value is -2.38. The molecule has 0 amide bonds. The van der Waals surface area contributed by atoms with Gasteiger partial charge in [-0.05, 0) is 42.5 Å². The van der Waals surface area contributed by atoms with Crippen LogP contribution >= 0.6 is 23.2 Å². The molecule has 0 aliphatic carbocycles. The minimum absolute atomic E-state index is 0.0538. The molecule has 0 unspecified atom stereocenters. The molecular weight excluding hydrogens is 378 g/mol. The Morgan fingerprint density at radius 3 is 2.08 bits per heavy atom. The lowest BCUT2D eigenvalue weighted by atomic mass is 10.1. The van der Waals surface area contributed by atoms with E-state index in [0.717, 1.165) is 12.1 Å². The van der Waals surface area contributed by atoms with Crippen LogP contribution in [0.2, 0.25) is 10.0 Å². The van der Waals surface area contributed by atoms with Gasteiger partial charge in [0.05, 0.1) is 5.69 Å². The highest BCUT2D eigenvalue weighted by atomic mass is 35.5. The number of alkyl halides is 3. The minimum Gasteiger partial charge on any atom is -0.406 e. The lowest BCUT2D eigenvalue weighted by Gasteiger charge is -2.08. The highest BCUT2D eigenvalue weighted by molar-refractivity contribution is 6.34. The van der Waals surface area contributed by atoms with E-state index in [2.05, 4.69) is 9.73 Å². The molecular formula is C16H12Cl2F3N3O. The van der Waals surface area contributed by atoms with Gasteiger partial charge in [0.2, 0.25) is 0 Å². The molecule has 0 saturated heterocycles. The molecule has 25 heavy (non-hydrogen) atoms. The van der Waals surface area contributed by atoms with E-state index in [0.29, 0.717) is 21.3 Å². The van der Waals surface area contributed by atoms with Crippen molar-refractivity contribution in [2.75, 3.05) is 0 Å². The number of ether oxygens (including phenoxy) is 1. The fourth-order valence-electron chi connectivity index (χ4n) is 1.87. The molecule has 2 aromatic rings. The normalized spacial score (nSPS) is 13.0. The van der Waals surface area contributed by atoms with Crippen molar-refractivity contribution in [3.63, 3.8) is 0 Å². The van der Waals surface area contributed by atoms with Gasteiger partial charge in [0.25, 0.3) is 0 Å². The van der Waals surface area contributed by atoms with Crippen LogP contribution in [-0.2, 0) is 0 Å². The summed E-state index contributed by atoms with van der Waals surface area (Å²) in [5, 5.41) is 0.823. The first-order chi connectivity index (χ1) is 11.6. The zero-order valence-electron chi connectivity index (χ0n) is 12.5. The van der Waals surface area contributed by atoms with Gasteiger partial charge < -0.3 is 16.2 Å². The third-order valence-electron chi connectivity index (χ3n) is 2.83. The van der Waals surface area contributed by atoms with Gasteiger partial charge in [0.1, 0.15) is 11.6 Å². The van der Waals surface area contributed by atoms with Crippen molar-refractivity contribution in [3.05, 3.63) is 64.1 Å². The molecule has 0 aliphatic heterocycles. The van der Waals surface area contributed by atoms with Crippen molar-refractivity contribution in [2.45, 2.75) is 6.36 Å². The van der Waals surface area contributed by atoms with Crippen molar-refractivity contribution in [2.24, 2.45) is 16.5 Å². The van der Waals surface area contributed by atoms with Crippen LogP contribution in [0.5, 0.6) is 5.75 Å². The van der Waals surface area contributed by atoms with E-state index in [1.54, 1.807) is 18.2 Å². The van der Waals surface area contributed by atoms with Crippen molar-refractivity contribution in [1.82, 2.24) is 0 Å². The molecule has 132 valence electrons. The van der Waals surface area contributed by atoms with E-state index < -0.39 is 6.36 Å². The molecule has 4 nitrogen and oxygen atoms in total. The van der Waals surface area contributed by atoms with Gasteiger partial charge in [0, 0.05) is 27.4 Å². The second-order valence-corrected chi connectivity index (χ2v) is 5.71. The van der Waals surface area contributed by atoms with Crippen LogP contribution in [0, 0.1) is 0 Å². The van der Waals surface area contributed by atoms with Crippen LogP contribution in [0.25, 0.3) is 5.70 Å². The molecule has 2 rings (SSSR count). The summed E-state index contributed by atoms with van der Waals surface area (Å²) in [6.45, 7) is 0. The summed E-state index contributed by atoms with van der Waals surface area (Å²) in [5.41, 5.74) is 12.9. The molecule has 0 aromatic heterocycles. The molecule has 2 aromatic carbocycles. The molecule has 9 heteroatoms. The topological polar surface area (TPSA) is 73.6 Å². The quantitative estimate of drug-likeness (QED) is 0.577. The summed E-state index contributed by atoms with van der Waals surface area (Å²) in [6.07, 6.45) is -3.36. The molecule has 0 radical (unpaired) electrons. The van der Waals surface area contributed by atoms with Crippen molar-refractivity contribution in [3.8, 4) is 5.75 Å². The van der Waals surface area contributed by atoms with Gasteiger partial charge in [-0.3, -0.25) is 0 Å². The number of nitrogens with two attached hydrogens (primary N) is 2. The van der Waals surface area contributed by atoms with Crippen LogP contribution in [0.3, 0.4) is 0 Å². The van der Waals surface area contributed by atoms with Crippen LogP contribution in [0.1, 0.15) is 5.56 Å². The SMILES string of the molecule is NC(=CC(N)=Nc1ccc(OC(F)(F)F)cc1)c1cc(Cl)cc(Cl)c1. The summed E-state index contributed by atoms with van der Waals surface area (Å²) in [4.78, 5) is 4.04. The van der Waals surface area contributed by atoms with Crippen molar-refractivity contribution in [1.29, 1.82) is 0 Å². The average molecular weight is 390 g/mol. The predicted octanol–water partition coefficient (Wildman–Crippen LogP) is 4.88. The predicted molar refractivity (Wildman–Crippen MR) is 93.0 cm³/mol. The van der Waals surface area contributed by atoms with Crippen LogP contribution in [0.15, 0.2) is 53.5 Å². The third-order valence-corrected chi connectivity index (χ3v) is 3.26. The number of hydrogen-bond acceptors (Lipinski definition) is 3. The Morgan fingerprint density at radius 2 is 1.56 bits per heavy atom. The summed E-state index contributed by atoms with van der Waals surface area (Å²) >= 11 is 11.8. The Kier molecular flexibility index (Phi) is 5.81. The summed E-state index contributed by atoms with van der Waals surface area (Å²) in [6, 6.07) is 9.68. The van der Waals surface area contributed by atoms with Gasteiger partial charge in [-0.1, -0.05) is 23.2 Å². The Morgan fingerprint density at radius 1 is 1.00 bits per heavy atom. The maximum absolute atomic E-state index is 12.1. The first kappa shape index (κ1) is 19.0. The first-order valence-corrected chi connectivity index (χ1v) is 7.51. The van der Waals surface area contributed by atoms with Crippen LogP contribution in [-0.4, -0.2) is 12.2 Å². The number of nitrogens with zero attached hydrogens (tertiary/aromatic N) is 1. The molecule has 0 spiro atoms. The summed E-state index contributed by atoms with van der Waals surface area (Å²) in [7, 11) is 0. The molecule has 0 fully saturated rings. The number of halogens is 5. The van der Waals surface area contributed by atoms with Gasteiger partial charge >= 0.3 is 6.36 Å². The first-order valence-electron chi connectivity index (χ1n) is 6.76. The second-order valence-electron chi connectivity index (χ2n) is 4.84. The van der Waals surface area contributed by atoms with Crippen molar-refractivity contribution >= 4 is 40.4 Å². The number of aliphatic imine (C=N–C) groups is 1. The zero-order valence-corrected chi connectivity index (χ0v) is 14.0. The standard InChI is InChI=1S/C16H12Cl2F3N3O/c17-10-5-9(6-11(18)7-10)14(22)8-15(23)24-12-1-3-13(4-2-12)25-16(19,20)21/h1-8H,22H2,(H2,23,24). The van der Waals surface area contributed by atoms with Crippen LogP contribution < -0.4 is 16.2 Å². The third kappa shape index (κ3) is 6.21. The van der Waals surface area contributed by atoms with Crippen LogP contribution in [0.4, 0.5) is 18.9 Å². The average Bonchev–Trinajstić information content (AvgIpc) is 2.46. The molecule has 0 saturated carbocycles. The Balaban J connectivity index is 2.17. The maximum Gasteiger partial charge on any atom is 0.573 e. The fourth-order valence-corrected chi connectivity index (χ4v) is 2.39. The number of hydrogen-bond donors (Lipinski definition) is 2. The van der Waals surface area contributed by atoms with E-state index in [1.165, 1.54) is 18.2 Å². The van der Waals surface area contributed by atoms with Gasteiger partial charge in [-0.25, -0.2) is 4.99 Å². The Bertz CT molecular complexity index is 798. The summed E-state index contributed by atoms with van der Waals surface area (Å²) < 4.78 is 40.1. The van der Waals surface area contributed by atoms with E-state index in [4.69, 9.17) is 34.7 Å². The molecule has 0 bridgehead atoms. The van der Waals surface area contributed by atoms with Gasteiger partial charge in [-0.2, -0.15) is 0 Å². The van der Waals surface area contributed by atoms with Crippen molar-refractivity contribution < 1.29 is 17.9 Å². The number of rotatable bonds is 4. The minimum atomic E-state index is -4.75. The fraction of sp³-hybridized carbons (Fsp3) is 0.0625. The molecule has 4 N–H and O–H groups in total. The van der Waals surface area contributed by atoms with E-state index in [9.17, 15) is 13.2 Å². The smallest absolute Gasteiger partial charge is 0.406 e. The lowest BCUT2D eigenvalue weighted by Crippen LogP contribution is -2.16. The van der Waals surface area contributed by atoms with Gasteiger partial charge in [-0.15, -0.1) is 13.2 Å². The van der Waals surface area contributed by atoms with E-state index >= 15 is 0 Å². The Labute approximate surface area is 151 Å². The molecule has 0 heterocycles. The maximum atomic E-state index is 12.1. The highest BCUT2D eigenvalue weighted by Gasteiger charge is 2.30. The zero-order chi connectivity index (χ0) is 18.6. The number of benzene rings is 2. The molecule has 0 aliphatic rings. The van der Waals surface area contributed by atoms with E-state index in [1.807, 2.05) is 0 Å².